The Morgan fingerprint density at radius 3 is 2.12 bits per heavy atom. The zero-order chi connectivity index (χ0) is 23.6. The highest BCUT2D eigenvalue weighted by atomic mass is 16.5. The van der Waals surface area contributed by atoms with Gasteiger partial charge in [-0.1, -0.05) is 66.7 Å². The number of carbonyl (C=O) groups excluding carboxylic acids is 3. The number of ether oxygens (including phenoxy) is 1. The van der Waals surface area contributed by atoms with Gasteiger partial charge in [-0.2, -0.15) is 0 Å². The number of hydrogen-bond donors (Lipinski definition) is 0. The third-order valence-corrected chi connectivity index (χ3v) is 7.60. The van der Waals surface area contributed by atoms with Gasteiger partial charge in [0.05, 0.1) is 19.2 Å². The monoisotopic (exact) mass is 449 g/mol. The van der Waals surface area contributed by atoms with Crippen LogP contribution in [-0.4, -0.2) is 36.5 Å². The number of Topliss-reactive ketones (excluding diaryl/α,β-unsaturated/α-hetero) is 3. The number of anilines is 1. The molecule has 0 radical (unpaired) electrons. The van der Waals surface area contributed by atoms with Gasteiger partial charge in [-0.25, -0.2) is 0 Å². The average molecular weight is 450 g/mol. The average Bonchev–Trinajstić information content (AvgIpc) is 3.31. The Hall–Kier alpha value is -3.99. The zero-order valence-electron chi connectivity index (χ0n) is 18.9. The Balaban J connectivity index is 1.66. The van der Waals surface area contributed by atoms with Gasteiger partial charge in [-0.15, -0.1) is 0 Å². The third-order valence-electron chi connectivity index (χ3n) is 7.60. The highest BCUT2D eigenvalue weighted by Gasteiger charge is 2.71. The van der Waals surface area contributed by atoms with Crippen molar-refractivity contribution in [3.63, 3.8) is 0 Å². The first kappa shape index (κ1) is 20.6. The van der Waals surface area contributed by atoms with Crippen LogP contribution in [0.2, 0.25) is 0 Å². The number of para-hydroxylation sites is 1. The molecule has 2 heterocycles. The van der Waals surface area contributed by atoms with E-state index >= 15 is 0 Å². The lowest BCUT2D eigenvalue weighted by atomic mass is 9.64. The maximum Gasteiger partial charge on any atom is 0.180 e. The van der Waals surface area contributed by atoms with Crippen molar-refractivity contribution < 1.29 is 19.1 Å². The molecule has 6 rings (SSSR count). The van der Waals surface area contributed by atoms with Crippen molar-refractivity contribution in [1.29, 1.82) is 0 Å². The number of carbonyl (C=O) groups is 3. The number of hydrogen-bond acceptors (Lipinski definition) is 5. The predicted octanol–water partition coefficient (Wildman–Crippen LogP) is 4.72. The van der Waals surface area contributed by atoms with E-state index in [0.717, 1.165) is 16.8 Å². The maximum absolute atomic E-state index is 14.3. The molecule has 2 aliphatic heterocycles. The van der Waals surface area contributed by atoms with E-state index in [-0.39, 0.29) is 17.3 Å². The molecular weight excluding hydrogens is 426 g/mol. The molecule has 1 spiro atoms. The van der Waals surface area contributed by atoms with E-state index in [4.69, 9.17) is 4.74 Å². The van der Waals surface area contributed by atoms with Gasteiger partial charge in [0.25, 0.3) is 0 Å². The number of nitrogens with zero attached hydrogens (tertiary/aromatic N) is 1. The van der Waals surface area contributed by atoms with Gasteiger partial charge in [-0.3, -0.25) is 14.4 Å². The lowest BCUT2D eigenvalue weighted by Gasteiger charge is -2.37. The largest absolute Gasteiger partial charge is 0.497 e. The molecular formula is C29H23NO4. The fourth-order valence-electron chi connectivity index (χ4n) is 6.25. The molecule has 0 N–H and O–H groups in total. The molecule has 0 saturated carbocycles. The third kappa shape index (κ3) is 2.47. The molecule has 0 unspecified atom stereocenters. The van der Waals surface area contributed by atoms with E-state index in [1.54, 1.807) is 38.3 Å². The topological polar surface area (TPSA) is 63.7 Å². The van der Waals surface area contributed by atoms with E-state index in [1.165, 1.54) is 0 Å². The van der Waals surface area contributed by atoms with E-state index in [1.807, 2.05) is 65.6 Å². The SMILES string of the molecule is COc1ccc([C@H]2[C@H](C(C)=O)N3c4ccccc4C=C[C@@H]3C23C(=O)c2ccccc2C3=O)cc1. The van der Waals surface area contributed by atoms with Gasteiger partial charge in [0.1, 0.15) is 11.2 Å². The fourth-order valence-corrected chi connectivity index (χ4v) is 6.25. The minimum atomic E-state index is -1.43. The number of methoxy groups -OCH3 is 1. The zero-order valence-corrected chi connectivity index (χ0v) is 18.9. The summed E-state index contributed by atoms with van der Waals surface area (Å²) < 4.78 is 5.33. The van der Waals surface area contributed by atoms with Crippen LogP contribution in [0.4, 0.5) is 5.69 Å². The van der Waals surface area contributed by atoms with Crippen LogP contribution >= 0.6 is 0 Å². The Morgan fingerprint density at radius 1 is 0.882 bits per heavy atom. The summed E-state index contributed by atoms with van der Waals surface area (Å²) in [7, 11) is 1.59. The summed E-state index contributed by atoms with van der Waals surface area (Å²) in [5.41, 5.74) is 2.03. The second-order valence-corrected chi connectivity index (χ2v) is 9.15. The van der Waals surface area contributed by atoms with Crippen molar-refractivity contribution in [1.82, 2.24) is 0 Å². The molecule has 3 aliphatic rings. The Bertz CT molecular complexity index is 1350. The Labute approximate surface area is 197 Å². The second kappa shape index (κ2) is 7.26. The highest BCUT2D eigenvalue weighted by Crippen LogP contribution is 2.60. The standard InChI is InChI=1S/C29H23NO4/c1-17(31)26-25(19-11-14-20(34-2)15-12-19)29(27(32)21-8-4-5-9-22(21)28(29)33)24-16-13-18-7-3-6-10-23(18)30(24)26/h3-16,24-26H,1-2H3/t24-,25+,26+/m1/s1. The first-order valence-corrected chi connectivity index (χ1v) is 11.4. The second-order valence-electron chi connectivity index (χ2n) is 9.15. The number of fused-ring (bicyclic) bond motifs is 5. The fraction of sp³-hybridized carbons (Fsp3) is 0.207. The maximum atomic E-state index is 14.3. The molecule has 0 bridgehead atoms. The molecule has 1 aliphatic carbocycles. The molecule has 0 amide bonds. The molecule has 3 aromatic carbocycles. The first-order chi connectivity index (χ1) is 16.5. The van der Waals surface area contributed by atoms with E-state index in [2.05, 4.69) is 0 Å². The summed E-state index contributed by atoms with van der Waals surface area (Å²) in [6, 6.07) is 21.0. The number of rotatable bonds is 3. The summed E-state index contributed by atoms with van der Waals surface area (Å²) in [6.07, 6.45) is 3.90. The number of benzene rings is 3. The molecule has 0 aromatic heterocycles. The van der Waals surface area contributed by atoms with Crippen LogP contribution in [0.15, 0.2) is 78.9 Å². The lowest BCUT2D eigenvalue weighted by Crippen LogP contribution is -2.48. The molecule has 34 heavy (non-hydrogen) atoms. The summed E-state index contributed by atoms with van der Waals surface area (Å²) >= 11 is 0. The van der Waals surface area contributed by atoms with Crippen LogP contribution in [0.5, 0.6) is 5.75 Å². The minimum absolute atomic E-state index is 0.0793. The van der Waals surface area contributed by atoms with Gasteiger partial charge in [0.2, 0.25) is 0 Å². The summed E-state index contributed by atoms with van der Waals surface area (Å²) in [4.78, 5) is 43.9. The molecule has 1 saturated heterocycles. The molecule has 1 fully saturated rings. The molecule has 3 aromatic rings. The quantitative estimate of drug-likeness (QED) is 0.542. The van der Waals surface area contributed by atoms with Gasteiger partial charge in [0, 0.05) is 22.7 Å². The van der Waals surface area contributed by atoms with E-state index in [0.29, 0.717) is 16.9 Å². The smallest absolute Gasteiger partial charge is 0.180 e. The molecule has 3 atom stereocenters. The van der Waals surface area contributed by atoms with Gasteiger partial charge in [-0.05, 0) is 36.2 Å². The van der Waals surface area contributed by atoms with Gasteiger partial charge in [0.15, 0.2) is 17.3 Å². The highest BCUT2D eigenvalue weighted by molar-refractivity contribution is 6.32. The van der Waals surface area contributed by atoms with Crippen molar-refractivity contribution in [2.75, 3.05) is 12.0 Å². The van der Waals surface area contributed by atoms with Crippen LogP contribution in [0.3, 0.4) is 0 Å². The Kier molecular flexibility index (Phi) is 4.40. The van der Waals surface area contributed by atoms with E-state index in [9.17, 15) is 14.4 Å². The minimum Gasteiger partial charge on any atom is -0.497 e. The predicted molar refractivity (Wildman–Crippen MR) is 129 cm³/mol. The van der Waals surface area contributed by atoms with Crippen molar-refractivity contribution >= 4 is 29.1 Å². The van der Waals surface area contributed by atoms with Crippen LogP contribution in [0.25, 0.3) is 6.08 Å². The van der Waals surface area contributed by atoms with E-state index < -0.39 is 23.4 Å². The van der Waals surface area contributed by atoms with Gasteiger partial charge < -0.3 is 9.64 Å². The Morgan fingerprint density at radius 2 is 1.50 bits per heavy atom. The molecule has 168 valence electrons. The first-order valence-electron chi connectivity index (χ1n) is 11.4. The van der Waals surface area contributed by atoms with Crippen molar-refractivity contribution in [3.05, 3.63) is 101 Å². The molecule has 5 nitrogen and oxygen atoms in total. The van der Waals surface area contributed by atoms with Crippen LogP contribution in [0.1, 0.15) is 44.7 Å². The lowest BCUT2D eigenvalue weighted by molar-refractivity contribution is -0.118. The van der Waals surface area contributed by atoms with Crippen LogP contribution < -0.4 is 9.64 Å². The summed E-state index contributed by atoms with van der Waals surface area (Å²) in [5.74, 6) is -0.479. The normalized spacial score (nSPS) is 23.6. The van der Waals surface area contributed by atoms with Crippen LogP contribution in [0, 0.1) is 5.41 Å². The van der Waals surface area contributed by atoms with Gasteiger partial charge >= 0.3 is 0 Å². The van der Waals surface area contributed by atoms with Crippen molar-refractivity contribution in [3.8, 4) is 5.75 Å². The molecule has 5 heteroatoms. The summed E-state index contributed by atoms with van der Waals surface area (Å²) in [5, 5.41) is 0. The van der Waals surface area contributed by atoms with Crippen LogP contribution in [-0.2, 0) is 4.79 Å². The summed E-state index contributed by atoms with van der Waals surface area (Å²) in [6.45, 7) is 1.55. The van der Waals surface area contributed by atoms with Crippen molar-refractivity contribution in [2.24, 2.45) is 5.41 Å². The van der Waals surface area contributed by atoms with Crippen molar-refractivity contribution in [2.45, 2.75) is 24.9 Å². The number of ketones is 3.